The molecule has 3 heteroatoms. The van der Waals surface area contributed by atoms with Gasteiger partial charge in [-0.15, -0.1) is 0 Å². The number of aromatic hydroxyl groups is 1. The average Bonchev–Trinajstić information content (AvgIpc) is 2.85. The van der Waals surface area contributed by atoms with Crippen molar-refractivity contribution in [3.05, 3.63) is 106 Å². The minimum atomic E-state index is 0.173. The van der Waals surface area contributed by atoms with E-state index in [1.165, 1.54) is 28.5 Å². The van der Waals surface area contributed by atoms with Gasteiger partial charge in [0.2, 0.25) is 0 Å². The van der Waals surface area contributed by atoms with Crippen molar-refractivity contribution in [3.63, 3.8) is 0 Å². The summed E-state index contributed by atoms with van der Waals surface area (Å²) in [7, 11) is 0. The van der Waals surface area contributed by atoms with Gasteiger partial charge in [0.1, 0.15) is 5.75 Å². The summed E-state index contributed by atoms with van der Waals surface area (Å²) >= 11 is 6.35. The molecule has 0 spiro atoms. The van der Waals surface area contributed by atoms with E-state index in [4.69, 9.17) is 16.9 Å². The third kappa shape index (κ3) is 3.66. The Morgan fingerprint density at radius 3 is 2.47 bits per heavy atom. The molecule has 0 amide bonds. The molecule has 2 aliphatic rings. The van der Waals surface area contributed by atoms with Crippen molar-refractivity contribution in [2.45, 2.75) is 25.7 Å². The lowest BCUT2D eigenvalue weighted by atomic mass is 9.79. The maximum absolute atomic E-state index is 9.89. The molecular formula is C29H22ClNO. The van der Waals surface area contributed by atoms with Crippen molar-refractivity contribution < 1.29 is 5.11 Å². The van der Waals surface area contributed by atoms with E-state index >= 15 is 0 Å². The van der Waals surface area contributed by atoms with E-state index in [1.54, 1.807) is 11.6 Å². The first-order valence-electron chi connectivity index (χ1n) is 10.9. The topological polar surface area (TPSA) is 44.0 Å². The summed E-state index contributed by atoms with van der Waals surface area (Å²) in [6.07, 6.45) is 8.96. The molecular weight excluding hydrogens is 414 g/mol. The molecule has 4 aromatic rings. The molecule has 0 heterocycles. The molecule has 0 saturated heterocycles. The Balaban J connectivity index is 0.000000154. The normalized spacial score (nSPS) is 14.4. The van der Waals surface area contributed by atoms with Gasteiger partial charge in [-0.25, -0.2) is 0 Å². The number of phenolic OH excluding ortho intramolecular Hbond substituents is 1. The van der Waals surface area contributed by atoms with Crippen LogP contribution in [0.5, 0.6) is 5.75 Å². The summed E-state index contributed by atoms with van der Waals surface area (Å²) in [5.74, 6) is 0.173. The number of fused-ring (bicyclic) bond motifs is 5. The van der Waals surface area contributed by atoms with Crippen molar-refractivity contribution in [1.29, 1.82) is 5.26 Å². The first-order valence-corrected chi connectivity index (χ1v) is 11.2. The number of rotatable bonds is 0. The van der Waals surface area contributed by atoms with Crippen molar-refractivity contribution in [2.24, 2.45) is 0 Å². The van der Waals surface area contributed by atoms with Gasteiger partial charge in [-0.05, 0) is 76.7 Å². The van der Waals surface area contributed by atoms with Crippen molar-refractivity contribution in [2.75, 3.05) is 0 Å². The molecule has 0 saturated carbocycles. The fourth-order valence-electron chi connectivity index (χ4n) is 4.73. The van der Waals surface area contributed by atoms with Crippen LogP contribution in [0.2, 0.25) is 5.02 Å². The van der Waals surface area contributed by atoms with E-state index in [-0.39, 0.29) is 5.75 Å². The van der Waals surface area contributed by atoms with Crippen LogP contribution in [-0.4, -0.2) is 5.11 Å². The summed E-state index contributed by atoms with van der Waals surface area (Å²) in [5, 5.41) is 23.5. The van der Waals surface area contributed by atoms with Gasteiger partial charge in [-0.1, -0.05) is 77.9 Å². The highest BCUT2D eigenvalue weighted by Gasteiger charge is 2.22. The Morgan fingerprint density at radius 2 is 1.62 bits per heavy atom. The highest BCUT2D eigenvalue weighted by Crippen LogP contribution is 2.43. The lowest BCUT2D eigenvalue weighted by Gasteiger charge is -2.25. The van der Waals surface area contributed by atoms with Gasteiger partial charge < -0.3 is 5.11 Å². The van der Waals surface area contributed by atoms with E-state index in [1.807, 2.05) is 48.5 Å². The fraction of sp³-hybridized carbons (Fsp3) is 0.138. The number of phenols is 1. The first-order chi connectivity index (χ1) is 15.7. The van der Waals surface area contributed by atoms with Crippen LogP contribution < -0.4 is 0 Å². The third-order valence-electron chi connectivity index (χ3n) is 6.33. The van der Waals surface area contributed by atoms with Crippen LogP contribution in [0.25, 0.3) is 27.1 Å². The molecule has 0 aliphatic heterocycles. The van der Waals surface area contributed by atoms with E-state index in [2.05, 4.69) is 30.4 Å². The minimum absolute atomic E-state index is 0.173. The molecule has 0 atom stereocenters. The Morgan fingerprint density at radius 1 is 0.844 bits per heavy atom. The lowest BCUT2D eigenvalue weighted by molar-refractivity contribution is 0.476. The molecule has 0 bridgehead atoms. The Bertz CT molecular complexity index is 1460. The van der Waals surface area contributed by atoms with Gasteiger partial charge in [0.05, 0.1) is 16.7 Å². The number of nitriles is 1. The standard InChI is InChI=1S/C18H15ClO.C11H7N/c19-18-16(20)10-7-12-6-8-14-13-4-2-1-3-11(13)5-9-15(14)17(12)18;12-8-9-5-6-10-3-1-2-4-11(10)7-9/h2,4,6-8,10,20H,1,3,5,9H2;1-7H. The summed E-state index contributed by atoms with van der Waals surface area (Å²) in [4.78, 5) is 0. The van der Waals surface area contributed by atoms with Gasteiger partial charge in [-0.3, -0.25) is 0 Å². The van der Waals surface area contributed by atoms with E-state index < -0.39 is 0 Å². The summed E-state index contributed by atoms with van der Waals surface area (Å²) in [5.41, 5.74) is 6.24. The number of allylic oxidation sites excluding steroid dienone is 4. The molecule has 2 aliphatic carbocycles. The van der Waals surface area contributed by atoms with Crippen LogP contribution in [0.3, 0.4) is 0 Å². The zero-order valence-corrected chi connectivity index (χ0v) is 18.4. The van der Waals surface area contributed by atoms with E-state index in [0.717, 1.165) is 35.4 Å². The van der Waals surface area contributed by atoms with Crippen LogP contribution in [-0.2, 0) is 6.42 Å². The number of halogens is 1. The average molecular weight is 436 g/mol. The zero-order valence-electron chi connectivity index (χ0n) is 17.6. The highest BCUT2D eigenvalue weighted by molar-refractivity contribution is 6.37. The second-order valence-corrected chi connectivity index (χ2v) is 8.60. The Kier molecular flexibility index (Phi) is 5.43. The van der Waals surface area contributed by atoms with E-state index in [0.29, 0.717) is 10.6 Å². The molecule has 32 heavy (non-hydrogen) atoms. The molecule has 0 unspecified atom stereocenters. The SMILES string of the molecule is N#Cc1ccc2ccccc2c1.Oc1ccc2ccc3c(c2c1Cl)CCC1=C3C=CCC1. The number of benzene rings is 4. The maximum atomic E-state index is 9.89. The third-order valence-corrected chi connectivity index (χ3v) is 6.72. The minimum Gasteiger partial charge on any atom is -0.506 e. The molecule has 6 rings (SSSR count). The van der Waals surface area contributed by atoms with Crippen LogP contribution in [0, 0.1) is 11.3 Å². The molecule has 0 aromatic heterocycles. The van der Waals surface area contributed by atoms with Crippen molar-refractivity contribution in [1.82, 2.24) is 0 Å². The molecule has 156 valence electrons. The number of aryl methyl sites for hydroxylation is 1. The van der Waals surface area contributed by atoms with Gasteiger partial charge in [0, 0.05) is 5.39 Å². The van der Waals surface area contributed by atoms with Crippen LogP contribution in [0.1, 0.15) is 36.0 Å². The molecule has 0 fully saturated rings. The van der Waals surface area contributed by atoms with Gasteiger partial charge in [0.25, 0.3) is 0 Å². The Labute approximate surface area is 192 Å². The van der Waals surface area contributed by atoms with Gasteiger partial charge >= 0.3 is 0 Å². The van der Waals surface area contributed by atoms with E-state index in [9.17, 15) is 5.11 Å². The molecule has 4 aromatic carbocycles. The van der Waals surface area contributed by atoms with Gasteiger partial charge in [-0.2, -0.15) is 5.26 Å². The monoisotopic (exact) mass is 435 g/mol. The molecule has 0 radical (unpaired) electrons. The fourth-order valence-corrected chi connectivity index (χ4v) is 5.02. The summed E-state index contributed by atoms with van der Waals surface area (Å²) in [6.45, 7) is 0. The molecule has 2 nitrogen and oxygen atoms in total. The van der Waals surface area contributed by atoms with Crippen LogP contribution >= 0.6 is 11.6 Å². The largest absolute Gasteiger partial charge is 0.506 e. The Hall–Kier alpha value is -3.54. The predicted molar refractivity (Wildman–Crippen MR) is 133 cm³/mol. The van der Waals surface area contributed by atoms with Crippen molar-refractivity contribution >= 4 is 38.7 Å². The number of nitrogens with zero attached hydrogens (tertiary/aromatic N) is 1. The second-order valence-electron chi connectivity index (χ2n) is 8.22. The van der Waals surface area contributed by atoms with Crippen molar-refractivity contribution in [3.8, 4) is 11.8 Å². The molecule has 1 N–H and O–H groups in total. The quantitative estimate of drug-likeness (QED) is 0.304. The summed E-state index contributed by atoms with van der Waals surface area (Å²) in [6, 6.07) is 23.8. The predicted octanol–water partition coefficient (Wildman–Crippen LogP) is 7.96. The number of hydrogen-bond acceptors (Lipinski definition) is 2. The first kappa shape index (κ1) is 20.4. The van der Waals surface area contributed by atoms with Crippen LogP contribution in [0.4, 0.5) is 0 Å². The maximum Gasteiger partial charge on any atom is 0.134 e. The lowest BCUT2D eigenvalue weighted by Crippen LogP contribution is -2.07. The highest BCUT2D eigenvalue weighted by atomic mass is 35.5. The van der Waals surface area contributed by atoms with Crippen LogP contribution in [0.15, 0.2) is 84.5 Å². The smallest absolute Gasteiger partial charge is 0.134 e. The second kappa shape index (κ2) is 8.54. The van der Waals surface area contributed by atoms with Gasteiger partial charge in [0.15, 0.2) is 0 Å². The number of hydrogen-bond donors (Lipinski definition) is 1. The zero-order chi connectivity index (χ0) is 22.1. The summed E-state index contributed by atoms with van der Waals surface area (Å²) < 4.78 is 0.